The van der Waals surface area contributed by atoms with Crippen LogP contribution in [0.2, 0.25) is 0 Å². The second kappa shape index (κ2) is 5.60. The van der Waals surface area contributed by atoms with E-state index < -0.39 is 5.41 Å². The quantitative estimate of drug-likeness (QED) is 0.803. The van der Waals surface area contributed by atoms with Crippen molar-refractivity contribution in [3.8, 4) is 5.69 Å². The highest BCUT2D eigenvalue weighted by Crippen LogP contribution is 2.48. The average molecular weight is 318 g/mol. The van der Waals surface area contributed by atoms with E-state index in [1.807, 2.05) is 55.6 Å². The maximum Gasteiger partial charge on any atom is 0.236 e. The molecule has 5 heteroatoms. The van der Waals surface area contributed by atoms with Gasteiger partial charge in [0.25, 0.3) is 0 Å². The van der Waals surface area contributed by atoms with E-state index in [2.05, 4.69) is 15.4 Å². The minimum atomic E-state index is -0.392. The SMILES string of the molecule is Cc1ccc(-n2ccc(NC(=O)C3(c4ccccc4)CC3)n2)cn1. The number of anilines is 1. The number of rotatable bonds is 4. The molecule has 0 bridgehead atoms. The molecule has 120 valence electrons. The lowest BCUT2D eigenvalue weighted by atomic mass is 9.95. The van der Waals surface area contributed by atoms with Crippen molar-refractivity contribution in [1.82, 2.24) is 14.8 Å². The van der Waals surface area contributed by atoms with Gasteiger partial charge in [-0.1, -0.05) is 30.3 Å². The Kier molecular flexibility index (Phi) is 3.41. The van der Waals surface area contributed by atoms with Crippen molar-refractivity contribution in [2.45, 2.75) is 25.2 Å². The first-order valence-corrected chi connectivity index (χ1v) is 8.03. The van der Waals surface area contributed by atoms with Crippen LogP contribution in [-0.4, -0.2) is 20.7 Å². The molecule has 24 heavy (non-hydrogen) atoms. The van der Waals surface area contributed by atoms with Crippen LogP contribution < -0.4 is 5.32 Å². The Morgan fingerprint density at radius 1 is 1.12 bits per heavy atom. The highest BCUT2D eigenvalue weighted by Gasteiger charge is 2.51. The van der Waals surface area contributed by atoms with Crippen LogP contribution >= 0.6 is 0 Å². The molecule has 1 aliphatic carbocycles. The molecule has 0 unspecified atom stereocenters. The Hall–Kier alpha value is -2.95. The fourth-order valence-electron chi connectivity index (χ4n) is 2.89. The number of aromatic nitrogens is 3. The molecule has 1 fully saturated rings. The summed E-state index contributed by atoms with van der Waals surface area (Å²) in [4.78, 5) is 17.0. The summed E-state index contributed by atoms with van der Waals surface area (Å²) < 4.78 is 1.71. The Labute approximate surface area is 140 Å². The lowest BCUT2D eigenvalue weighted by Gasteiger charge is -2.14. The maximum absolute atomic E-state index is 12.7. The Balaban J connectivity index is 1.52. The normalized spacial score (nSPS) is 15.0. The summed E-state index contributed by atoms with van der Waals surface area (Å²) >= 11 is 0. The summed E-state index contributed by atoms with van der Waals surface area (Å²) in [6.07, 6.45) is 5.35. The number of carbonyl (C=O) groups excluding carboxylic acids is 1. The highest BCUT2D eigenvalue weighted by atomic mass is 16.2. The Bertz CT molecular complexity index is 864. The van der Waals surface area contributed by atoms with E-state index in [9.17, 15) is 4.79 Å². The maximum atomic E-state index is 12.7. The van der Waals surface area contributed by atoms with E-state index in [1.54, 1.807) is 16.9 Å². The third kappa shape index (κ3) is 2.58. The lowest BCUT2D eigenvalue weighted by molar-refractivity contribution is -0.118. The standard InChI is InChI=1S/C19H18N4O/c1-14-7-8-16(13-20-14)23-12-9-17(22-23)21-18(24)19(10-11-19)15-5-3-2-4-6-15/h2-9,12-13H,10-11H2,1H3,(H,21,22,24). The van der Waals surface area contributed by atoms with E-state index in [-0.39, 0.29) is 5.91 Å². The van der Waals surface area contributed by atoms with E-state index in [1.165, 1.54) is 0 Å². The summed E-state index contributed by atoms with van der Waals surface area (Å²) in [6.45, 7) is 1.94. The minimum absolute atomic E-state index is 0.0148. The number of pyridine rings is 1. The van der Waals surface area contributed by atoms with Crippen molar-refractivity contribution >= 4 is 11.7 Å². The summed E-state index contributed by atoms with van der Waals surface area (Å²) in [5.74, 6) is 0.573. The van der Waals surface area contributed by atoms with Gasteiger partial charge in [-0.05, 0) is 37.5 Å². The zero-order chi connectivity index (χ0) is 16.6. The second-order valence-electron chi connectivity index (χ2n) is 6.21. The van der Waals surface area contributed by atoms with Gasteiger partial charge in [0.1, 0.15) is 0 Å². The van der Waals surface area contributed by atoms with E-state index >= 15 is 0 Å². The van der Waals surface area contributed by atoms with E-state index in [4.69, 9.17) is 0 Å². The molecule has 1 amide bonds. The van der Waals surface area contributed by atoms with Crippen LogP contribution in [-0.2, 0) is 10.2 Å². The third-order valence-electron chi connectivity index (χ3n) is 4.50. The summed E-state index contributed by atoms with van der Waals surface area (Å²) in [5, 5.41) is 7.38. The van der Waals surface area contributed by atoms with Gasteiger partial charge in [-0.3, -0.25) is 9.78 Å². The smallest absolute Gasteiger partial charge is 0.236 e. The Morgan fingerprint density at radius 3 is 2.58 bits per heavy atom. The number of nitrogens with zero attached hydrogens (tertiary/aromatic N) is 3. The van der Waals surface area contributed by atoms with Crippen LogP contribution in [0.15, 0.2) is 60.9 Å². The van der Waals surface area contributed by atoms with Gasteiger partial charge in [0.05, 0.1) is 17.3 Å². The number of hydrogen-bond donors (Lipinski definition) is 1. The average Bonchev–Trinajstić information content (AvgIpc) is 3.31. The van der Waals surface area contributed by atoms with E-state index in [0.29, 0.717) is 5.82 Å². The fourth-order valence-corrected chi connectivity index (χ4v) is 2.89. The molecule has 0 spiro atoms. The lowest BCUT2D eigenvalue weighted by Crippen LogP contribution is -2.28. The minimum Gasteiger partial charge on any atom is -0.308 e. The van der Waals surface area contributed by atoms with Crippen molar-refractivity contribution in [2.75, 3.05) is 5.32 Å². The molecule has 2 heterocycles. The number of carbonyl (C=O) groups is 1. The van der Waals surface area contributed by atoms with Crippen LogP contribution in [0, 0.1) is 6.92 Å². The highest BCUT2D eigenvalue weighted by molar-refractivity contribution is 6.00. The van der Waals surface area contributed by atoms with Crippen molar-refractivity contribution in [1.29, 1.82) is 0 Å². The van der Waals surface area contributed by atoms with Crippen LogP contribution in [0.5, 0.6) is 0 Å². The molecular weight excluding hydrogens is 300 g/mol. The molecule has 0 radical (unpaired) electrons. The van der Waals surface area contributed by atoms with Crippen molar-refractivity contribution in [2.24, 2.45) is 0 Å². The summed E-state index contributed by atoms with van der Waals surface area (Å²) in [5.41, 5.74) is 2.50. The van der Waals surface area contributed by atoms with Gasteiger partial charge in [0.15, 0.2) is 5.82 Å². The molecule has 3 aromatic rings. The van der Waals surface area contributed by atoms with Gasteiger partial charge in [0, 0.05) is 18.0 Å². The largest absolute Gasteiger partial charge is 0.308 e. The number of amides is 1. The molecule has 5 nitrogen and oxygen atoms in total. The van der Waals surface area contributed by atoms with Crippen LogP contribution in [0.25, 0.3) is 5.69 Å². The van der Waals surface area contributed by atoms with Gasteiger partial charge in [-0.25, -0.2) is 4.68 Å². The van der Waals surface area contributed by atoms with Gasteiger partial charge in [-0.2, -0.15) is 5.10 Å². The van der Waals surface area contributed by atoms with Crippen LogP contribution in [0.4, 0.5) is 5.82 Å². The van der Waals surface area contributed by atoms with Gasteiger partial charge in [-0.15, -0.1) is 0 Å². The molecule has 1 N–H and O–H groups in total. The molecular formula is C19H18N4O. The first kappa shape index (κ1) is 14.6. The summed E-state index contributed by atoms with van der Waals surface area (Å²) in [6, 6.07) is 15.6. The zero-order valence-corrected chi connectivity index (χ0v) is 13.4. The predicted molar refractivity (Wildman–Crippen MR) is 92.1 cm³/mol. The first-order valence-electron chi connectivity index (χ1n) is 8.03. The van der Waals surface area contributed by atoms with Crippen LogP contribution in [0.1, 0.15) is 24.1 Å². The van der Waals surface area contributed by atoms with E-state index in [0.717, 1.165) is 29.8 Å². The zero-order valence-electron chi connectivity index (χ0n) is 13.4. The third-order valence-corrected chi connectivity index (χ3v) is 4.50. The first-order chi connectivity index (χ1) is 11.7. The fraction of sp³-hybridized carbons (Fsp3) is 0.211. The number of aryl methyl sites for hydroxylation is 1. The van der Waals surface area contributed by atoms with Gasteiger partial charge < -0.3 is 5.32 Å². The topological polar surface area (TPSA) is 59.8 Å². The molecule has 1 aliphatic rings. The predicted octanol–water partition coefficient (Wildman–Crippen LogP) is 3.25. The Morgan fingerprint density at radius 2 is 1.92 bits per heavy atom. The molecule has 0 aliphatic heterocycles. The summed E-state index contributed by atoms with van der Waals surface area (Å²) in [7, 11) is 0. The molecule has 1 saturated carbocycles. The van der Waals surface area contributed by atoms with Crippen molar-refractivity contribution < 1.29 is 4.79 Å². The molecule has 1 aromatic carbocycles. The number of nitrogens with one attached hydrogen (secondary N) is 1. The van der Waals surface area contributed by atoms with Gasteiger partial charge in [0.2, 0.25) is 5.91 Å². The number of benzene rings is 1. The second-order valence-corrected chi connectivity index (χ2v) is 6.21. The molecule has 0 saturated heterocycles. The molecule has 0 atom stereocenters. The number of hydrogen-bond acceptors (Lipinski definition) is 3. The molecule has 4 rings (SSSR count). The van der Waals surface area contributed by atoms with Crippen LogP contribution in [0.3, 0.4) is 0 Å². The van der Waals surface area contributed by atoms with Gasteiger partial charge >= 0.3 is 0 Å². The van der Waals surface area contributed by atoms with Crippen molar-refractivity contribution in [3.05, 3.63) is 72.2 Å². The molecule has 2 aromatic heterocycles. The monoisotopic (exact) mass is 318 g/mol. The van der Waals surface area contributed by atoms with Crippen molar-refractivity contribution in [3.63, 3.8) is 0 Å².